The Morgan fingerprint density at radius 2 is 1.79 bits per heavy atom. The molecule has 0 saturated heterocycles. The molecular formula is C25H19ClN2O5. The van der Waals surface area contributed by atoms with E-state index in [9.17, 15) is 9.59 Å². The molecule has 0 saturated carbocycles. The Kier molecular flexibility index (Phi) is 5.62. The Hall–Kier alpha value is -3.97. The van der Waals surface area contributed by atoms with Crippen LogP contribution in [-0.2, 0) is 16.1 Å². The van der Waals surface area contributed by atoms with Gasteiger partial charge in [0, 0.05) is 11.6 Å². The quantitative estimate of drug-likeness (QED) is 0.576. The Morgan fingerprint density at radius 1 is 1.00 bits per heavy atom. The molecule has 0 aliphatic carbocycles. The highest BCUT2D eigenvalue weighted by atomic mass is 35.5. The number of carbonyl (C=O) groups excluding carboxylic acids is 2. The van der Waals surface area contributed by atoms with E-state index in [0.717, 1.165) is 5.56 Å². The molecule has 1 N–H and O–H groups in total. The lowest BCUT2D eigenvalue weighted by Crippen LogP contribution is -2.44. The largest absolute Gasteiger partial charge is 0.454 e. The lowest BCUT2D eigenvalue weighted by atomic mass is 10.1. The Bertz CT molecular complexity index is 1270. The van der Waals surface area contributed by atoms with Gasteiger partial charge < -0.3 is 19.5 Å². The predicted molar refractivity (Wildman–Crippen MR) is 123 cm³/mol. The number of benzene rings is 3. The summed E-state index contributed by atoms with van der Waals surface area (Å²) in [4.78, 5) is 27.4. The summed E-state index contributed by atoms with van der Waals surface area (Å²) in [6.07, 6.45) is 1.58. The number of amides is 2. The number of rotatable bonds is 5. The van der Waals surface area contributed by atoms with Crippen LogP contribution in [-0.4, -0.2) is 25.2 Å². The number of nitrogens with zero attached hydrogens (tertiary/aromatic N) is 1. The number of hydrogen-bond donors (Lipinski definition) is 1. The van der Waals surface area contributed by atoms with E-state index in [-0.39, 0.29) is 31.5 Å². The second-order valence-electron chi connectivity index (χ2n) is 7.46. The average Bonchev–Trinajstić information content (AvgIpc) is 3.30. The molecule has 2 aliphatic rings. The fraction of sp³-hybridized carbons (Fsp3) is 0.120. The number of ether oxygens (including phenoxy) is 3. The second-order valence-corrected chi connectivity index (χ2v) is 7.86. The first kappa shape index (κ1) is 20.9. The van der Waals surface area contributed by atoms with Gasteiger partial charge >= 0.3 is 0 Å². The van der Waals surface area contributed by atoms with Crippen molar-refractivity contribution in [2.24, 2.45) is 0 Å². The summed E-state index contributed by atoms with van der Waals surface area (Å²) in [5, 5.41) is 3.35. The number of halogens is 1. The molecule has 0 radical (unpaired) electrons. The van der Waals surface area contributed by atoms with Crippen LogP contribution in [0.1, 0.15) is 11.1 Å². The average molecular weight is 463 g/mol. The minimum Gasteiger partial charge on any atom is -0.454 e. The lowest BCUT2D eigenvalue weighted by molar-refractivity contribution is -0.123. The van der Waals surface area contributed by atoms with Crippen molar-refractivity contribution in [3.63, 3.8) is 0 Å². The molecule has 3 aromatic carbocycles. The van der Waals surface area contributed by atoms with Crippen molar-refractivity contribution in [1.29, 1.82) is 0 Å². The van der Waals surface area contributed by atoms with Crippen molar-refractivity contribution < 1.29 is 23.8 Å². The third kappa shape index (κ3) is 4.36. The summed E-state index contributed by atoms with van der Waals surface area (Å²) >= 11 is 6.24. The van der Waals surface area contributed by atoms with Crippen molar-refractivity contribution in [1.82, 2.24) is 5.32 Å². The molecule has 0 spiro atoms. The molecule has 7 nitrogen and oxygen atoms in total. The zero-order chi connectivity index (χ0) is 22.8. The van der Waals surface area contributed by atoms with Crippen molar-refractivity contribution in [3.8, 4) is 17.2 Å². The summed E-state index contributed by atoms with van der Waals surface area (Å²) in [6.45, 7) is 0.315. The van der Waals surface area contributed by atoms with Crippen LogP contribution in [0.3, 0.4) is 0 Å². The number of hydrogen-bond acceptors (Lipinski definition) is 5. The van der Waals surface area contributed by atoms with E-state index in [1.165, 1.54) is 4.90 Å². The number of carbonyl (C=O) groups is 2. The van der Waals surface area contributed by atoms with Gasteiger partial charge in [-0.2, -0.15) is 0 Å². The van der Waals surface area contributed by atoms with Crippen molar-refractivity contribution in [3.05, 3.63) is 88.6 Å². The van der Waals surface area contributed by atoms with E-state index in [1.807, 2.05) is 18.2 Å². The van der Waals surface area contributed by atoms with E-state index < -0.39 is 5.91 Å². The standard InChI is InChI=1S/C25H19ClN2O5/c26-18-6-2-1-5-17(18)12-23-25(30)28(19-7-3-4-8-20(19)33-23)14-24(29)27-13-16-9-10-21-22(11-16)32-15-31-21/h1-12H,13-15H2,(H,27,29)/b23-12+. The molecule has 5 rings (SSSR count). The minimum atomic E-state index is -0.424. The fourth-order valence-electron chi connectivity index (χ4n) is 3.60. The van der Waals surface area contributed by atoms with Gasteiger partial charge in [-0.1, -0.05) is 48.0 Å². The van der Waals surface area contributed by atoms with Crippen LogP contribution < -0.4 is 24.4 Å². The highest BCUT2D eigenvalue weighted by Gasteiger charge is 2.31. The first-order valence-corrected chi connectivity index (χ1v) is 10.7. The molecule has 0 aromatic heterocycles. The van der Waals surface area contributed by atoms with Crippen LogP contribution in [0.2, 0.25) is 5.02 Å². The molecule has 33 heavy (non-hydrogen) atoms. The van der Waals surface area contributed by atoms with Gasteiger partial charge in [0.15, 0.2) is 23.0 Å². The molecular weight excluding hydrogens is 444 g/mol. The monoisotopic (exact) mass is 462 g/mol. The third-order valence-electron chi connectivity index (χ3n) is 5.25. The molecule has 2 aliphatic heterocycles. The lowest BCUT2D eigenvalue weighted by Gasteiger charge is -2.30. The van der Waals surface area contributed by atoms with Gasteiger partial charge in [0.25, 0.3) is 5.91 Å². The zero-order valence-electron chi connectivity index (χ0n) is 17.4. The highest BCUT2D eigenvalue weighted by molar-refractivity contribution is 6.32. The topological polar surface area (TPSA) is 77.1 Å². The van der Waals surface area contributed by atoms with E-state index in [1.54, 1.807) is 54.6 Å². The van der Waals surface area contributed by atoms with Crippen LogP contribution in [0, 0.1) is 0 Å². The summed E-state index contributed by atoms with van der Waals surface area (Å²) < 4.78 is 16.5. The zero-order valence-corrected chi connectivity index (χ0v) is 18.2. The number of nitrogens with one attached hydrogen (secondary N) is 1. The third-order valence-corrected chi connectivity index (χ3v) is 5.60. The Labute approximate surface area is 195 Å². The number of para-hydroxylation sites is 2. The molecule has 2 amide bonds. The summed E-state index contributed by atoms with van der Waals surface area (Å²) in [7, 11) is 0. The van der Waals surface area contributed by atoms with Gasteiger partial charge in [-0.15, -0.1) is 0 Å². The summed E-state index contributed by atoms with van der Waals surface area (Å²) in [5.41, 5.74) is 2.03. The van der Waals surface area contributed by atoms with Crippen LogP contribution in [0.15, 0.2) is 72.5 Å². The van der Waals surface area contributed by atoms with Gasteiger partial charge in [-0.3, -0.25) is 14.5 Å². The first-order chi connectivity index (χ1) is 16.1. The van der Waals surface area contributed by atoms with Gasteiger partial charge in [0.1, 0.15) is 6.54 Å². The first-order valence-electron chi connectivity index (χ1n) is 10.3. The molecule has 0 fully saturated rings. The second kappa shape index (κ2) is 8.88. The van der Waals surface area contributed by atoms with Crippen LogP contribution in [0.5, 0.6) is 17.2 Å². The molecule has 0 atom stereocenters. The molecule has 0 bridgehead atoms. The minimum absolute atomic E-state index is 0.0883. The molecule has 2 heterocycles. The Morgan fingerprint density at radius 3 is 2.67 bits per heavy atom. The van der Waals surface area contributed by atoms with Gasteiger partial charge in [0.2, 0.25) is 12.7 Å². The van der Waals surface area contributed by atoms with E-state index in [2.05, 4.69) is 5.32 Å². The van der Waals surface area contributed by atoms with Crippen LogP contribution in [0.25, 0.3) is 6.08 Å². The maximum Gasteiger partial charge on any atom is 0.294 e. The van der Waals surface area contributed by atoms with E-state index in [4.69, 9.17) is 25.8 Å². The number of anilines is 1. The van der Waals surface area contributed by atoms with E-state index in [0.29, 0.717) is 33.5 Å². The highest BCUT2D eigenvalue weighted by Crippen LogP contribution is 2.36. The van der Waals surface area contributed by atoms with Crippen LogP contribution >= 0.6 is 11.6 Å². The SMILES string of the molecule is O=C(CN1C(=O)/C(=C\c2ccccc2Cl)Oc2ccccc21)NCc1ccc2c(c1)OCO2. The fourth-order valence-corrected chi connectivity index (χ4v) is 3.79. The smallest absolute Gasteiger partial charge is 0.294 e. The molecule has 166 valence electrons. The normalized spacial score (nSPS) is 15.2. The summed E-state index contributed by atoms with van der Waals surface area (Å²) in [5.74, 6) is 1.16. The van der Waals surface area contributed by atoms with Crippen LogP contribution in [0.4, 0.5) is 5.69 Å². The van der Waals surface area contributed by atoms with Gasteiger partial charge in [-0.05, 0) is 47.5 Å². The molecule has 3 aromatic rings. The van der Waals surface area contributed by atoms with Crippen molar-refractivity contribution in [2.45, 2.75) is 6.54 Å². The number of fused-ring (bicyclic) bond motifs is 2. The van der Waals surface area contributed by atoms with Gasteiger partial charge in [-0.25, -0.2) is 0 Å². The van der Waals surface area contributed by atoms with Crippen molar-refractivity contribution in [2.75, 3.05) is 18.2 Å². The van der Waals surface area contributed by atoms with Crippen molar-refractivity contribution >= 4 is 35.2 Å². The van der Waals surface area contributed by atoms with Gasteiger partial charge in [0.05, 0.1) is 5.69 Å². The predicted octanol–water partition coefficient (Wildman–Crippen LogP) is 4.15. The molecule has 8 heteroatoms. The maximum atomic E-state index is 13.2. The Balaban J connectivity index is 1.34. The van der Waals surface area contributed by atoms with E-state index >= 15 is 0 Å². The summed E-state index contributed by atoms with van der Waals surface area (Å²) in [6, 6.07) is 19.7. The molecule has 0 unspecified atom stereocenters. The maximum absolute atomic E-state index is 13.2.